The molecular formula is C16H21ClN2O. The fourth-order valence-electron chi connectivity index (χ4n) is 1.95. The van der Waals surface area contributed by atoms with E-state index in [1.807, 2.05) is 54.6 Å². The van der Waals surface area contributed by atoms with E-state index in [4.69, 9.17) is 5.73 Å². The van der Waals surface area contributed by atoms with Gasteiger partial charge in [0.1, 0.15) is 0 Å². The van der Waals surface area contributed by atoms with Gasteiger partial charge in [0.2, 0.25) is 0 Å². The first-order valence-electron chi connectivity index (χ1n) is 6.54. The number of benzene rings is 2. The Kier molecular flexibility index (Phi) is 7.09. The van der Waals surface area contributed by atoms with Gasteiger partial charge >= 0.3 is 0 Å². The number of halogens is 1. The van der Waals surface area contributed by atoms with Crippen molar-refractivity contribution >= 4 is 18.1 Å². The number of aliphatic hydroxyl groups excluding tert-OH is 1. The molecule has 1 unspecified atom stereocenters. The molecule has 2 rings (SSSR count). The summed E-state index contributed by atoms with van der Waals surface area (Å²) < 4.78 is 0. The minimum absolute atomic E-state index is 0. The third-order valence-electron chi connectivity index (χ3n) is 3.09. The molecule has 1 atom stereocenters. The molecule has 0 aliphatic rings. The molecule has 0 radical (unpaired) electrons. The van der Waals surface area contributed by atoms with E-state index in [1.165, 1.54) is 5.56 Å². The second kappa shape index (κ2) is 8.59. The SMILES string of the molecule is Cl.Nc1ccc(CCNCC(O)c2ccccc2)cc1. The van der Waals surface area contributed by atoms with Crippen LogP contribution in [0, 0.1) is 0 Å². The van der Waals surface area contributed by atoms with Gasteiger partial charge in [0, 0.05) is 12.2 Å². The predicted octanol–water partition coefficient (Wildman–Crippen LogP) is 2.56. The monoisotopic (exact) mass is 292 g/mol. The van der Waals surface area contributed by atoms with Gasteiger partial charge in [-0.05, 0) is 36.2 Å². The Morgan fingerprint density at radius 3 is 2.30 bits per heavy atom. The van der Waals surface area contributed by atoms with Crippen LogP contribution in [0.25, 0.3) is 0 Å². The van der Waals surface area contributed by atoms with E-state index in [-0.39, 0.29) is 12.4 Å². The lowest BCUT2D eigenvalue weighted by Gasteiger charge is -2.12. The Hall–Kier alpha value is -1.55. The fraction of sp³-hybridized carbons (Fsp3) is 0.250. The summed E-state index contributed by atoms with van der Waals surface area (Å²) in [4.78, 5) is 0. The van der Waals surface area contributed by atoms with Crippen LogP contribution in [0.3, 0.4) is 0 Å². The zero-order valence-corrected chi connectivity index (χ0v) is 12.1. The van der Waals surface area contributed by atoms with Crippen LogP contribution in [-0.2, 0) is 6.42 Å². The molecule has 0 spiro atoms. The number of hydrogen-bond donors (Lipinski definition) is 3. The van der Waals surface area contributed by atoms with Gasteiger partial charge in [-0.3, -0.25) is 0 Å². The molecule has 20 heavy (non-hydrogen) atoms. The summed E-state index contributed by atoms with van der Waals surface area (Å²) in [5, 5.41) is 13.2. The van der Waals surface area contributed by atoms with Gasteiger partial charge in [-0.2, -0.15) is 0 Å². The molecule has 0 fully saturated rings. The first-order valence-corrected chi connectivity index (χ1v) is 6.54. The Morgan fingerprint density at radius 1 is 1.00 bits per heavy atom. The van der Waals surface area contributed by atoms with Gasteiger partial charge in [0.05, 0.1) is 6.10 Å². The summed E-state index contributed by atoms with van der Waals surface area (Å²) in [5.74, 6) is 0. The number of rotatable bonds is 6. The van der Waals surface area contributed by atoms with E-state index >= 15 is 0 Å². The topological polar surface area (TPSA) is 58.3 Å². The summed E-state index contributed by atoms with van der Waals surface area (Å²) in [6, 6.07) is 17.6. The van der Waals surface area contributed by atoms with E-state index in [0.717, 1.165) is 24.2 Å². The van der Waals surface area contributed by atoms with Gasteiger partial charge < -0.3 is 16.2 Å². The lowest BCUT2D eigenvalue weighted by atomic mass is 10.1. The molecule has 0 amide bonds. The van der Waals surface area contributed by atoms with Crippen molar-refractivity contribution in [3.63, 3.8) is 0 Å². The van der Waals surface area contributed by atoms with Crippen LogP contribution in [-0.4, -0.2) is 18.2 Å². The zero-order chi connectivity index (χ0) is 13.5. The number of hydrogen-bond acceptors (Lipinski definition) is 3. The molecule has 4 N–H and O–H groups in total. The highest BCUT2D eigenvalue weighted by molar-refractivity contribution is 5.85. The van der Waals surface area contributed by atoms with Crippen molar-refractivity contribution in [2.45, 2.75) is 12.5 Å². The molecule has 0 aliphatic heterocycles. The van der Waals surface area contributed by atoms with Crippen LogP contribution in [0.4, 0.5) is 5.69 Å². The lowest BCUT2D eigenvalue weighted by Crippen LogP contribution is -2.23. The lowest BCUT2D eigenvalue weighted by molar-refractivity contribution is 0.175. The first-order chi connectivity index (χ1) is 9.25. The van der Waals surface area contributed by atoms with Crippen molar-refractivity contribution in [1.29, 1.82) is 0 Å². The highest BCUT2D eigenvalue weighted by atomic mass is 35.5. The van der Waals surface area contributed by atoms with Crippen LogP contribution in [0.5, 0.6) is 0 Å². The Morgan fingerprint density at radius 2 is 1.65 bits per heavy atom. The average Bonchev–Trinajstić information content (AvgIpc) is 2.46. The average molecular weight is 293 g/mol. The molecule has 0 bridgehead atoms. The highest BCUT2D eigenvalue weighted by Crippen LogP contribution is 2.10. The zero-order valence-electron chi connectivity index (χ0n) is 11.3. The maximum atomic E-state index is 9.98. The van der Waals surface area contributed by atoms with Gasteiger partial charge in [-0.15, -0.1) is 12.4 Å². The molecule has 0 heterocycles. The second-order valence-electron chi connectivity index (χ2n) is 4.62. The minimum Gasteiger partial charge on any atom is -0.399 e. The summed E-state index contributed by atoms with van der Waals surface area (Å²) in [6.45, 7) is 1.41. The molecule has 4 heteroatoms. The van der Waals surface area contributed by atoms with Crippen LogP contribution < -0.4 is 11.1 Å². The van der Waals surface area contributed by atoms with Crippen molar-refractivity contribution in [3.8, 4) is 0 Å². The van der Waals surface area contributed by atoms with Crippen molar-refractivity contribution in [2.75, 3.05) is 18.8 Å². The largest absolute Gasteiger partial charge is 0.399 e. The highest BCUT2D eigenvalue weighted by Gasteiger charge is 2.05. The molecule has 0 saturated carbocycles. The molecule has 2 aromatic carbocycles. The Labute approximate surface area is 126 Å². The van der Waals surface area contributed by atoms with Crippen LogP contribution in [0.2, 0.25) is 0 Å². The third-order valence-corrected chi connectivity index (χ3v) is 3.09. The van der Waals surface area contributed by atoms with Crippen molar-refractivity contribution in [2.24, 2.45) is 0 Å². The van der Waals surface area contributed by atoms with E-state index in [1.54, 1.807) is 0 Å². The van der Waals surface area contributed by atoms with Gasteiger partial charge in [-0.1, -0.05) is 42.5 Å². The van der Waals surface area contributed by atoms with E-state index in [2.05, 4.69) is 5.32 Å². The number of nitrogens with one attached hydrogen (secondary N) is 1. The minimum atomic E-state index is -0.451. The molecular weight excluding hydrogens is 272 g/mol. The molecule has 0 aliphatic carbocycles. The van der Waals surface area contributed by atoms with Crippen molar-refractivity contribution in [3.05, 3.63) is 65.7 Å². The van der Waals surface area contributed by atoms with Crippen LogP contribution in [0.1, 0.15) is 17.2 Å². The molecule has 0 aromatic heterocycles. The number of nitrogen functional groups attached to an aromatic ring is 1. The van der Waals surface area contributed by atoms with Crippen LogP contribution in [0.15, 0.2) is 54.6 Å². The summed E-state index contributed by atoms with van der Waals surface area (Å²) in [6.07, 6.45) is 0.481. The maximum Gasteiger partial charge on any atom is 0.0914 e. The van der Waals surface area contributed by atoms with Crippen LogP contribution >= 0.6 is 12.4 Å². The fourth-order valence-corrected chi connectivity index (χ4v) is 1.95. The smallest absolute Gasteiger partial charge is 0.0914 e. The summed E-state index contributed by atoms with van der Waals surface area (Å²) in [7, 11) is 0. The van der Waals surface area contributed by atoms with Gasteiger partial charge in [0.25, 0.3) is 0 Å². The quantitative estimate of drug-likeness (QED) is 0.566. The number of aliphatic hydroxyl groups is 1. The summed E-state index contributed by atoms with van der Waals surface area (Å²) in [5.41, 5.74) is 8.62. The normalized spacial score (nSPS) is 11.7. The second-order valence-corrected chi connectivity index (χ2v) is 4.62. The Bertz CT molecular complexity index is 488. The van der Waals surface area contributed by atoms with E-state index in [9.17, 15) is 5.11 Å². The molecule has 0 saturated heterocycles. The third kappa shape index (κ3) is 5.21. The van der Waals surface area contributed by atoms with Gasteiger partial charge in [-0.25, -0.2) is 0 Å². The molecule has 2 aromatic rings. The molecule has 108 valence electrons. The molecule has 3 nitrogen and oxygen atoms in total. The Balaban J connectivity index is 0.00000200. The van der Waals surface area contributed by atoms with Gasteiger partial charge in [0.15, 0.2) is 0 Å². The number of nitrogens with two attached hydrogens (primary N) is 1. The standard InChI is InChI=1S/C16H20N2O.ClH/c17-15-8-6-13(7-9-15)10-11-18-12-16(19)14-4-2-1-3-5-14;/h1-9,16,18-19H,10-12,17H2;1H. The predicted molar refractivity (Wildman–Crippen MR) is 86.1 cm³/mol. The van der Waals surface area contributed by atoms with E-state index < -0.39 is 6.10 Å². The maximum absolute atomic E-state index is 9.98. The summed E-state index contributed by atoms with van der Waals surface area (Å²) >= 11 is 0. The first kappa shape index (κ1) is 16.5. The number of anilines is 1. The van der Waals surface area contributed by atoms with E-state index in [0.29, 0.717) is 6.54 Å². The van der Waals surface area contributed by atoms with Crippen molar-refractivity contribution < 1.29 is 5.11 Å². The van der Waals surface area contributed by atoms with Crippen molar-refractivity contribution in [1.82, 2.24) is 5.32 Å².